The highest BCUT2D eigenvalue weighted by Crippen LogP contribution is 2.27. The summed E-state index contributed by atoms with van der Waals surface area (Å²) < 4.78 is 14.4. The number of hydrogen-bond donors (Lipinski definition) is 2. The molecule has 0 saturated carbocycles. The van der Waals surface area contributed by atoms with Gasteiger partial charge in [0.2, 0.25) is 5.91 Å². The van der Waals surface area contributed by atoms with Gasteiger partial charge in [-0.3, -0.25) is 4.79 Å². The first-order chi connectivity index (χ1) is 10.5. The molecule has 0 spiro atoms. The zero-order valence-electron chi connectivity index (χ0n) is 12.5. The van der Waals surface area contributed by atoms with Crippen LogP contribution in [0.5, 0.6) is 0 Å². The van der Waals surface area contributed by atoms with E-state index in [1.54, 1.807) is 12.1 Å². The Morgan fingerprint density at radius 3 is 2.50 bits per heavy atom. The molecule has 0 saturated heterocycles. The number of benzene rings is 2. The molecule has 0 fully saturated rings. The van der Waals surface area contributed by atoms with E-state index in [4.69, 9.17) is 11.1 Å². The number of halogens is 1. The topological polar surface area (TPSA) is 66.9 Å². The molecule has 4 heteroatoms. The van der Waals surface area contributed by atoms with Crippen molar-refractivity contribution in [1.82, 2.24) is 0 Å². The lowest BCUT2D eigenvalue weighted by molar-refractivity contribution is -0.117. The number of nitrogens with two attached hydrogens (primary N) is 1. The molecule has 0 aliphatic heterocycles. The fourth-order valence-electron chi connectivity index (χ4n) is 2.41. The summed E-state index contributed by atoms with van der Waals surface area (Å²) in [6, 6.07) is 12.5. The van der Waals surface area contributed by atoms with E-state index >= 15 is 0 Å². The summed E-state index contributed by atoms with van der Waals surface area (Å²) in [5, 5.41) is 7.90. The molecule has 2 aromatic rings. The molecule has 3 N–H and O–H groups in total. The molecule has 2 aromatic carbocycles. The summed E-state index contributed by atoms with van der Waals surface area (Å²) in [7, 11) is 0. The van der Waals surface area contributed by atoms with E-state index in [2.05, 4.69) is 0 Å². The number of nitrogens with one attached hydrogen (secondary N) is 1. The summed E-state index contributed by atoms with van der Waals surface area (Å²) in [6.07, 6.45) is 1.15. The highest BCUT2D eigenvalue weighted by atomic mass is 19.1. The fraction of sp³-hybridized carbons (Fsp3) is 0.222. The lowest BCUT2D eigenvalue weighted by Crippen LogP contribution is -2.12. The van der Waals surface area contributed by atoms with Crippen LogP contribution in [0.25, 0.3) is 11.1 Å². The molecule has 0 radical (unpaired) electrons. The second-order valence-electron chi connectivity index (χ2n) is 5.15. The number of hydrogen-bond acceptors (Lipinski definition) is 2. The largest absolute Gasteiger partial charge is 0.370 e. The van der Waals surface area contributed by atoms with Gasteiger partial charge in [0.1, 0.15) is 5.82 Å². The van der Waals surface area contributed by atoms with Gasteiger partial charge in [0.25, 0.3) is 0 Å². The van der Waals surface area contributed by atoms with Crippen LogP contribution >= 0.6 is 0 Å². The zero-order chi connectivity index (χ0) is 16.1. The van der Waals surface area contributed by atoms with Gasteiger partial charge in [0.15, 0.2) is 0 Å². The minimum absolute atomic E-state index is 0.0981. The third-order valence-corrected chi connectivity index (χ3v) is 3.63. The molecule has 3 nitrogen and oxygen atoms in total. The van der Waals surface area contributed by atoms with Gasteiger partial charge in [0.05, 0.1) is 0 Å². The van der Waals surface area contributed by atoms with Crippen molar-refractivity contribution in [3.63, 3.8) is 0 Å². The maximum absolute atomic E-state index is 14.4. The van der Waals surface area contributed by atoms with E-state index in [9.17, 15) is 9.18 Å². The van der Waals surface area contributed by atoms with Gasteiger partial charge >= 0.3 is 0 Å². The van der Waals surface area contributed by atoms with Crippen molar-refractivity contribution in [2.75, 3.05) is 0 Å². The van der Waals surface area contributed by atoms with Crippen LogP contribution in [0.2, 0.25) is 0 Å². The predicted octanol–water partition coefficient (Wildman–Crippen LogP) is 3.69. The van der Waals surface area contributed by atoms with Gasteiger partial charge in [-0.1, -0.05) is 43.3 Å². The second kappa shape index (κ2) is 6.98. The van der Waals surface area contributed by atoms with Crippen LogP contribution in [0, 0.1) is 11.2 Å². The number of carbonyl (C=O) groups excluding carboxylic acids is 1. The standard InChI is InChI=1S/C18H19FN2O/c1-2-12-5-3-4-6-14(12)15-8-7-13(11-16(15)19)17(20)9-10-18(21)22/h3-8,11,20H,2,9-10H2,1H3,(H2,21,22). The van der Waals surface area contributed by atoms with Gasteiger partial charge in [-0.25, -0.2) is 4.39 Å². The Kier molecular flexibility index (Phi) is 5.04. The Bertz CT molecular complexity index is 710. The quantitative estimate of drug-likeness (QED) is 0.785. The molecule has 0 aromatic heterocycles. The fourth-order valence-corrected chi connectivity index (χ4v) is 2.41. The van der Waals surface area contributed by atoms with Crippen LogP contribution in [0.3, 0.4) is 0 Å². The van der Waals surface area contributed by atoms with Crippen LogP contribution < -0.4 is 5.73 Å². The zero-order valence-corrected chi connectivity index (χ0v) is 12.5. The lowest BCUT2D eigenvalue weighted by atomic mass is 9.95. The molecular formula is C18H19FN2O. The molecule has 0 bridgehead atoms. The van der Waals surface area contributed by atoms with Crippen molar-refractivity contribution >= 4 is 11.6 Å². The summed E-state index contributed by atoms with van der Waals surface area (Å²) in [6.45, 7) is 2.03. The lowest BCUT2D eigenvalue weighted by Gasteiger charge is -2.11. The minimum atomic E-state index is -0.460. The predicted molar refractivity (Wildman–Crippen MR) is 86.5 cm³/mol. The number of primary amides is 1. The van der Waals surface area contributed by atoms with Gasteiger partial charge in [-0.15, -0.1) is 0 Å². The molecule has 2 rings (SSSR count). The monoisotopic (exact) mass is 298 g/mol. The summed E-state index contributed by atoms with van der Waals surface area (Å²) >= 11 is 0. The molecule has 0 aliphatic rings. The summed E-state index contributed by atoms with van der Waals surface area (Å²) in [5.74, 6) is -0.819. The number of amides is 1. The third kappa shape index (κ3) is 3.58. The number of aryl methyl sites for hydroxylation is 1. The van der Waals surface area contributed by atoms with Crippen molar-refractivity contribution in [2.45, 2.75) is 26.2 Å². The van der Waals surface area contributed by atoms with Gasteiger partial charge < -0.3 is 11.1 Å². The Balaban J connectivity index is 2.30. The Labute approximate surface area is 129 Å². The van der Waals surface area contributed by atoms with Crippen LogP contribution in [0.15, 0.2) is 42.5 Å². The molecule has 0 aliphatic carbocycles. The number of rotatable bonds is 6. The van der Waals surface area contributed by atoms with E-state index in [1.165, 1.54) is 6.07 Å². The highest BCUT2D eigenvalue weighted by Gasteiger charge is 2.11. The van der Waals surface area contributed by atoms with Gasteiger partial charge in [-0.05, 0) is 35.6 Å². The van der Waals surface area contributed by atoms with E-state index < -0.39 is 5.91 Å². The molecule has 0 atom stereocenters. The average Bonchev–Trinajstić information content (AvgIpc) is 2.52. The van der Waals surface area contributed by atoms with Crippen molar-refractivity contribution in [3.8, 4) is 11.1 Å². The van der Waals surface area contributed by atoms with E-state index in [0.29, 0.717) is 11.1 Å². The second-order valence-corrected chi connectivity index (χ2v) is 5.15. The van der Waals surface area contributed by atoms with Crippen molar-refractivity contribution in [1.29, 1.82) is 5.41 Å². The molecule has 0 unspecified atom stereocenters. The first-order valence-electron chi connectivity index (χ1n) is 7.26. The maximum atomic E-state index is 14.4. The van der Waals surface area contributed by atoms with E-state index in [1.807, 2.05) is 31.2 Å². The molecular weight excluding hydrogens is 279 g/mol. The first-order valence-corrected chi connectivity index (χ1v) is 7.26. The maximum Gasteiger partial charge on any atom is 0.217 e. The van der Waals surface area contributed by atoms with Crippen molar-refractivity contribution < 1.29 is 9.18 Å². The Hall–Kier alpha value is -2.49. The smallest absolute Gasteiger partial charge is 0.217 e. The van der Waals surface area contributed by atoms with Gasteiger partial charge in [-0.2, -0.15) is 0 Å². The normalized spacial score (nSPS) is 10.5. The first kappa shape index (κ1) is 15.9. The Morgan fingerprint density at radius 2 is 1.86 bits per heavy atom. The third-order valence-electron chi connectivity index (χ3n) is 3.63. The summed E-state index contributed by atoms with van der Waals surface area (Å²) in [5.41, 5.74) is 8.26. The van der Waals surface area contributed by atoms with Crippen molar-refractivity contribution in [3.05, 3.63) is 59.4 Å². The van der Waals surface area contributed by atoms with Gasteiger partial charge in [0, 0.05) is 17.7 Å². The van der Waals surface area contributed by atoms with E-state index in [-0.39, 0.29) is 24.4 Å². The van der Waals surface area contributed by atoms with Crippen LogP contribution in [-0.2, 0) is 11.2 Å². The van der Waals surface area contributed by atoms with Crippen LogP contribution in [0.4, 0.5) is 4.39 Å². The minimum Gasteiger partial charge on any atom is -0.370 e. The van der Waals surface area contributed by atoms with Crippen LogP contribution in [-0.4, -0.2) is 11.6 Å². The molecule has 0 heterocycles. The average molecular weight is 298 g/mol. The number of carbonyl (C=O) groups is 1. The van der Waals surface area contributed by atoms with Crippen LogP contribution in [0.1, 0.15) is 30.9 Å². The van der Waals surface area contributed by atoms with E-state index in [0.717, 1.165) is 17.5 Å². The highest BCUT2D eigenvalue weighted by molar-refractivity contribution is 6.00. The molecule has 1 amide bonds. The summed E-state index contributed by atoms with van der Waals surface area (Å²) in [4.78, 5) is 10.8. The Morgan fingerprint density at radius 1 is 1.14 bits per heavy atom. The van der Waals surface area contributed by atoms with Crippen molar-refractivity contribution in [2.24, 2.45) is 5.73 Å². The SMILES string of the molecule is CCc1ccccc1-c1ccc(C(=N)CCC(N)=O)cc1F. The molecule has 114 valence electrons. The molecule has 22 heavy (non-hydrogen) atoms.